The maximum atomic E-state index is 12.7. The molecule has 1 aromatic heterocycles. The van der Waals surface area contributed by atoms with Crippen LogP contribution in [0.1, 0.15) is 35.9 Å². The Hall–Kier alpha value is -2.55. The zero-order valence-corrected chi connectivity index (χ0v) is 16.5. The lowest BCUT2D eigenvalue weighted by molar-refractivity contribution is -0.122. The van der Waals surface area contributed by atoms with Gasteiger partial charge in [0.25, 0.3) is 0 Å². The molecule has 1 spiro atoms. The molecule has 4 rings (SSSR count). The second-order valence-electron chi connectivity index (χ2n) is 7.75. The van der Waals surface area contributed by atoms with Gasteiger partial charge in [0, 0.05) is 12.2 Å². The van der Waals surface area contributed by atoms with E-state index in [1.807, 2.05) is 12.1 Å². The molecule has 2 aliphatic heterocycles. The molecule has 1 aromatic carbocycles. The van der Waals surface area contributed by atoms with Crippen LogP contribution in [-0.4, -0.2) is 63.8 Å². The highest BCUT2D eigenvalue weighted by Gasteiger charge is 2.48. The van der Waals surface area contributed by atoms with Crippen molar-refractivity contribution in [2.24, 2.45) is 0 Å². The summed E-state index contributed by atoms with van der Waals surface area (Å²) in [5.41, 5.74) is 2.86. The third-order valence-corrected chi connectivity index (χ3v) is 5.88. The van der Waals surface area contributed by atoms with E-state index in [0.717, 1.165) is 43.7 Å². The zero-order chi connectivity index (χ0) is 20.4. The molecule has 2 aliphatic rings. The Kier molecular flexibility index (Phi) is 5.49. The number of hydrogen-bond donors (Lipinski definition) is 3. The van der Waals surface area contributed by atoms with Crippen LogP contribution >= 0.6 is 0 Å². The second kappa shape index (κ2) is 8.06. The molecule has 1 amide bonds. The Bertz CT molecular complexity index is 879. The maximum Gasteiger partial charge on any atom is 0.235 e. The second-order valence-corrected chi connectivity index (χ2v) is 7.75. The molecular weight excluding hydrogens is 372 g/mol. The molecular formula is C21H26N4O4. The predicted molar refractivity (Wildman–Crippen MR) is 107 cm³/mol. The van der Waals surface area contributed by atoms with E-state index in [4.69, 9.17) is 9.84 Å². The summed E-state index contributed by atoms with van der Waals surface area (Å²) in [5.74, 6) is 0.815. The molecule has 0 radical (unpaired) electrons. The molecule has 29 heavy (non-hydrogen) atoms. The van der Waals surface area contributed by atoms with Crippen LogP contribution in [-0.2, 0) is 10.2 Å². The molecule has 8 nitrogen and oxygen atoms in total. The van der Waals surface area contributed by atoms with Gasteiger partial charge in [-0.3, -0.25) is 9.69 Å². The quantitative estimate of drug-likeness (QED) is 0.670. The Morgan fingerprint density at radius 1 is 1.28 bits per heavy atom. The van der Waals surface area contributed by atoms with Gasteiger partial charge in [0.2, 0.25) is 5.91 Å². The smallest absolute Gasteiger partial charge is 0.235 e. The molecule has 0 saturated carbocycles. The summed E-state index contributed by atoms with van der Waals surface area (Å²) in [6, 6.07) is 6.18. The summed E-state index contributed by atoms with van der Waals surface area (Å²) in [6.07, 6.45) is 3.51. The summed E-state index contributed by atoms with van der Waals surface area (Å²) in [5, 5.41) is 21.5. The summed E-state index contributed by atoms with van der Waals surface area (Å²) < 4.78 is 5.70. The third-order valence-electron chi connectivity index (χ3n) is 5.88. The molecule has 154 valence electrons. The van der Waals surface area contributed by atoms with Gasteiger partial charge in [-0.05, 0) is 44.5 Å². The Morgan fingerprint density at radius 2 is 2.00 bits per heavy atom. The van der Waals surface area contributed by atoms with Crippen LogP contribution < -0.4 is 10.1 Å². The van der Waals surface area contributed by atoms with Gasteiger partial charge in [-0.1, -0.05) is 17.7 Å². The number of benzene rings is 1. The van der Waals surface area contributed by atoms with Crippen molar-refractivity contribution in [2.75, 3.05) is 38.2 Å². The minimum absolute atomic E-state index is 0.122. The fourth-order valence-electron chi connectivity index (χ4n) is 4.13. The highest BCUT2D eigenvalue weighted by atomic mass is 16.5. The van der Waals surface area contributed by atoms with Crippen molar-refractivity contribution >= 4 is 11.6 Å². The zero-order valence-electron chi connectivity index (χ0n) is 16.5. The monoisotopic (exact) mass is 398 g/mol. The lowest BCUT2D eigenvalue weighted by atomic mass is 9.73. The topological polar surface area (TPSA) is 108 Å². The first-order valence-electron chi connectivity index (χ1n) is 9.90. The standard InChI is InChI=1S/C21H26N4O4/c1-14-2-3-17-16(10-14)21(20(28)24-17)4-6-25(7-5-21)8-9-29-15-11-22-19(23-12-15)18(27)13-26/h2-3,10-12,18,26-27H,4-9,13H2,1H3,(H,24,28). The van der Waals surface area contributed by atoms with Crippen LogP contribution in [0.15, 0.2) is 30.6 Å². The molecule has 1 saturated heterocycles. The molecule has 3 heterocycles. The number of fused-ring (bicyclic) bond motifs is 2. The van der Waals surface area contributed by atoms with Crippen molar-refractivity contribution in [3.05, 3.63) is 47.5 Å². The van der Waals surface area contributed by atoms with E-state index in [1.54, 1.807) is 0 Å². The van der Waals surface area contributed by atoms with Crippen molar-refractivity contribution in [2.45, 2.75) is 31.3 Å². The number of aliphatic hydroxyl groups excluding tert-OH is 2. The molecule has 0 bridgehead atoms. The average Bonchev–Trinajstić information content (AvgIpc) is 3.00. The number of ether oxygens (including phenoxy) is 1. The first kappa shape index (κ1) is 19.8. The number of anilines is 1. The van der Waals surface area contributed by atoms with Crippen LogP contribution in [0.2, 0.25) is 0 Å². The van der Waals surface area contributed by atoms with E-state index in [0.29, 0.717) is 12.4 Å². The first-order chi connectivity index (χ1) is 14.0. The highest BCUT2D eigenvalue weighted by Crippen LogP contribution is 2.45. The molecule has 1 atom stereocenters. The summed E-state index contributed by atoms with van der Waals surface area (Å²) >= 11 is 0. The predicted octanol–water partition coefficient (Wildman–Crippen LogP) is 1.18. The minimum Gasteiger partial charge on any atom is -0.489 e. The number of carbonyl (C=O) groups is 1. The number of aromatic nitrogens is 2. The van der Waals surface area contributed by atoms with Crippen LogP contribution in [0.25, 0.3) is 0 Å². The lowest BCUT2D eigenvalue weighted by Crippen LogP contribution is -2.47. The average molecular weight is 398 g/mol. The number of nitrogens with zero attached hydrogens (tertiary/aromatic N) is 3. The van der Waals surface area contributed by atoms with Gasteiger partial charge in [-0.15, -0.1) is 0 Å². The lowest BCUT2D eigenvalue weighted by Gasteiger charge is -2.38. The summed E-state index contributed by atoms with van der Waals surface area (Å²) in [4.78, 5) is 23.0. The van der Waals surface area contributed by atoms with Gasteiger partial charge < -0.3 is 20.3 Å². The number of aliphatic hydroxyl groups is 2. The fraction of sp³-hybridized carbons (Fsp3) is 0.476. The number of rotatable bonds is 6. The fourth-order valence-corrected chi connectivity index (χ4v) is 4.13. The molecule has 2 aromatic rings. The number of hydrogen-bond acceptors (Lipinski definition) is 7. The van der Waals surface area contributed by atoms with Crippen LogP contribution in [0.3, 0.4) is 0 Å². The van der Waals surface area contributed by atoms with Gasteiger partial charge in [-0.25, -0.2) is 9.97 Å². The summed E-state index contributed by atoms with van der Waals surface area (Å²) in [7, 11) is 0. The number of amides is 1. The number of piperidine rings is 1. The first-order valence-corrected chi connectivity index (χ1v) is 9.90. The van der Waals surface area contributed by atoms with Gasteiger partial charge >= 0.3 is 0 Å². The van der Waals surface area contributed by atoms with Gasteiger partial charge in [0.05, 0.1) is 24.4 Å². The Labute approximate surface area is 169 Å². The van der Waals surface area contributed by atoms with Crippen molar-refractivity contribution in [3.63, 3.8) is 0 Å². The largest absolute Gasteiger partial charge is 0.489 e. The molecule has 8 heteroatoms. The number of aryl methyl sites for hydroxylation is 1. The van der Waals surface area contributed by atoms with Crippen LogP contribution in [0.4, 0.5) is 5.69 Å². The SMILES string of the molecule is Cc1ccc2c(c1)C1(CCN(CCOc3cnc(C(O)CO)nc3)CC1)C(=O)N2. The van der Waals surface area contributed by atoms with Crippen molar-refractivity contribution in [1.82, 2.24) is 14.9 Å². The normalized spacial score (nSPS) is 19.1. The van der Waals surface area contributed by atoms with Gasteiger partial charge in [0.15, 0.2) is 11.6 Å². The highest BCUT2D eigenvalue weighted by molar-refractivity contribution is 6.06. The minimum atomic E-state index is -1.08. The Morgan fingerprint density at radius 3 is 2.69 bits per heavy atom. The number of likely N-dealkylation sites (tertiary alicyclic amines) is 1. The summed E-state index contributed by atoms with van der Waals surface area (Å²) in [6.45, 7) is 4.55. The Balaban J connectivity index is 1.30. The molecule has 3 N–H and O–H groups in total. The van der Waals surface area contributed by atoms with E-state index in [2.05, 4.69) is 33.2 Å². The van der Waals surface area contributed by atoms with Gasteiger partial charge in [0.1, 0.15) is 12.7 Å². The van der Waals surface area contributed by atoms with Crippen LogP contribution in [0.5, 0.6) is 5.75 Å². The number of nitrogens with one attached hydrogen (secondary N) is 1. The van der Waals surface area contributed by atoms with Gasteiger partial charge in [-0.2, -0.15) is 0 Å². The van der Waals surface area contributed by atoms with E-state index in [-0.39, 0.29) is 11.7 Å². The van der Waals surface area contributed by atoms with E-state index in [9.17, 15) is 9.90 Å². The van der Waals surface area contributed by atoms with Crippen LogP contribution in [0, 0.1) is 6.92 Å². The van der Waals surface area contributed by atoms with E-state index >= 15 is 0 Å². The van der Waals surface area contributed by atoms with Crippen molar-refractivity contribution in [1.29, 1.82) is 0 Å². The molecule has 1 fully saturated rings. The van der Waals surface area contributed by atoms with Crippen molar-refractivity contribution < 1.29 is 19.7 Å². The third kappa shape index (κ3) is 3.83. The molecule has 0 aliphatic carbocycles. The van der Waals surface area contributed by atoms with Crippen molar-refractivity contribution in [3.8, 4) is 5.75 Å². The van der Waals surface area contributed by atoms with E-state index in [1.165, 1.54) is 18.0 Å². The van der Waals surface area contributed by atoms with E-state index < -0.39 is 18.1 Å². The number of carbonyl (C=O) groups excluding carboxylic acids is 1. The molecule has 1 unspecified atom stereocenters. The maximum absolute atomic E-state index is 12.7.